The molecule has 0 aliphatic carbocycles. The van der Waals surface area contributed by atoms with Crippen molar-refractivity contribution in [3.63, 3.8) is 0 Å². The molecule has 0 unspecified atom stereocenters. The van der Waals surface area contributed by atoms with Gasteiger partial charge in [0.05, 0.1) is 5.69 Å². The van der Waals surface area contributed by atoms with Gasteiger partial charge in [0.25, 0.3) is 5.91 Å². The van der Waals surface area contributed by atoms with E-state index in [4.69, 9.17) is 0 Å². The fraction of sp³-hybridized carbons (Fsp3) is 0.389. The van der Waals surface area contributed by atoms with E-state index in [0.29, 0.717) is 23.2 Å². The summed E-state index contributed by atoms with van der Waals surface area (Å²) in [4.78, 5) is 30.6. The third-order valence-electron chi connectivity index (χ3n) is 3.55. The Kier molecular flexibility index (Phi) is 6.64. The van der Waals surface area contributed by atoms with Gasteiger partial charge in [-0.05, 0) is 43.5 Å². The van der Waals surface area contributed by atoms with Crippen molar-refractivity contribution in [2.24, 2.45) is 5.92 Å². The first-order valence-electron chi connectivity index (χ1n) is 8.12. The molecule has 7 heteroatoms. The third kappa shape index (κ3) is 5.94. The van der Waals surface area contributed by atoms with Crippen molar-refractivity contribution in [1.82, 2.24) is 9.88 Å². The van der Waals surface area contributed by atoms with Gasteiger partial charge in [0.15, 0.2) is 5.13 Å². The summed E-state index contributed by atoms with van der Waals surface area (Å²) in [6.45, 7) is 6.34. The van der Waals surface area contributed by atoms with E-state index in [1.165, 1.54) is 40.5 Å². The molecule has 25 heavy (non-hydrogen) atoms. The highest BCUT2D eigenvalue weighted by Gasteiger charge is 2.19. The number of nitrogens with zero attached hydrogens (tertiary/aromatic N) is 2. The molecule has 0 spiro atoms. The molecule has 0 saturated heterocycles. The van der Waals surface area contributed by atoms with Crippen LogP contribution in [0.2, 0.25) is 0 Å². The molecule has 2 rings (SSSR count). The van der Waals surface area contributed by atoms with E-state index in [0.717, 1.165) is 12.1 Å². The molecule has 5 nitrogen and oxygen atoms in total. The zero-order valence-electron chi connectivity index (χ0n) is 14.6. The van der Waals surface area contributed by atoms with E-state index in [1.807, 2.05) is 12.3 Å². The van der Waals surface area contributed by atoms with Crippen LogP contribution in [0.15, 0.2) is 29.6 Å². The molecule has 0 aliphatic heterocycles. The number of nitrogens with one attached hydrogen (secondary N) is 1. The molecule has 0 bridgehead atoms. The zero-order valence-corrected chi connectivity index (χ0v) is 15.4. The van der Waals surface area contributed by atoms with E-state index < -0.39 is 5.82 Å². The maximum absolute atomic E-state index is 13.1. The van der Waals surface area contributed by atoms with Crippen LogP contribution in [0.3, 0.4) is 0 Å². The van der Waals surface area contributed by atoms with Crippen LogP contribution < -0.4 is 5.32 Å². The van der Waals surface area contributed by atoms with Crippen molar-refractivity contribution in [3.8, 4) is 0 Å². The molecule has 0 atom stereocenters. The number of carbonyl (C=O) groups is 2. The maximum atomic E-state index is 13.1. The van der Waals surface area contributed by atoms with Gasteiger partial charge in [-0.15, -0.1) is 11.3 Å². The highest BCUT2D eigenvalue weighted by Crippen LogP contribution is 2.15. The summed E-state index contributed by atoms with van der Waals surface area (Å²) in [6.07, 6.45) is 0.774. The van der Waals surface area contributed by atoms with Crippen molar-refractivity contribution in [2.75, 3.05) is 18.4 Å². The van der Waals surface area contributed by atoms with Crippen molar-refractivity contribution in [3.05, 3.63) is 46.7 Å². The summed E-state index contributed by atoms with van der Waals surface area (Å²) >= 11 is 1.34. The summed E-state index contributed by atoms with van der Waals surface area (Å²) in [6, 6.07) is 5.35. The lowest BCUT2D eigenvalue weighted by atomic mass is 10.1. The van der Waals surface area contributed by atoms with Crippen LogP contribution in [0.5, 0.6) is 0 Å². The van der Waals surface area contributed by atoms with Gasteiger partial charge >= 0.3 is 0 Å². The first-order chi connectivity index (χ1) is 11.8. The van der Waals surface area contributed by atoms with Crippen LogP contribution in [0.1, 0.15) is 36.3 Å². The Labute approximate surface area is 150 Å². The first kappa shape index (κ1) is 19.1. The second-order valence-electron chi connectivity index (χ2n) is 6.26. The highest BCUT2D eigenvalue weighted by atomic mass is 32.1. The number of aromatic nitrogens is 1. The van der Waals surface area contributed by atoms with Crippen LogP contribution in [0, 0.1) is 18.7 Å². The summed E-state index contributed by atoms with van der Waals surface area (Å²) in [5.74, 6) is -0.588. The number of hydrogen-bond donors (Lipinski definition) is 1. The van der Waals surface area contributed by atoms with Crippen LogP contribution in [-0.2, 0) is 4.79 Å². The van der Waals surface area contributed by atoms with E-state index in [9.17, 15) is 14.0 Å². The van der Waals surface area contributed by atoms with Gasteiger partial charge in [0.1, 0.15) is 12.4 Å². The van der Waals surface area contributed by atoms with Gasteiger partial charge in [0.2, 0.25) is 5.91 Å². The molecule has 1 aromatic heterocycles. The number of thiazole rings is 1. The largest absolute Gasteiger partial charge is 0.329 e. The standard InChI is InChI=1S/C18H22FN3O2S/c1-12(2)8-9-22(17(24)14-4-6-15(19)7-5-14)10-16(23)21-18-20-13(3)11-25-18/h4-7,11-12H,8-10H2,1-3H3,(H,20,21,23). The Bertz CT molecular complexity index is 728. The molecular formula is C18H22FN3O2S. The number of halogens is 1. The number of anilines is 1. The molecule has 0 saturated carbocycles. The summed E-state index contributed by atoms with van der Waals surface area (Å²) < 4.78 is 13.1. The van der Waals surface area contributed by atoms with Crippen LogP contribution in [0.25, 0.3) is 0 Å². The van der Waals surface area contributed by atoms with Crippen LogP contribution >= 0.6 is 11.3 Å². The number of hydrogen-bond acceptors (Lipinski definition) is 4. The molecule has 0 fully saturated rings. The Hall–Kier alpha value is -2.28. The second kappa shape index (κ2) is 8.71. The fourth-order valence-electron chi connectivity index (χ4n) is 2.19. The predicted molar refractivity (Wildman–Crippen MR) is 97.2 cm³/mol. The van der Waals surface area contributed by atoms with Crippen molar-refractivity contribution >= 4 is 28.3 Å². The van der Waals surface area contributed by atoms with E-state index >= 15 is 0 Å². The summed E-state index contributed by atoms with van der Waals surface area (Å²) in [5, 5.41) is 5.07. The Morgan fingerprint density at radius 3 is 2.52 bits per heavy atom. The SMILES string of the molecule is Cc1csc(NC(=O)CN(CCC(C)C)C(=O)c2ccc(F)cc2)n1. The zero-order chi connectivity index (χ0) is 18.4. The van der Waals surface area contributed by atoms with Gasteiger partial charge in [0, 0.05) is 17.5 Å². The highest BCUT2D eigenvalue weighted by molar-refractivity contribution is 7.13. The molecule has 1 N–H and O–H groups in total. The molecule has 2 amide bonds. The average molecular weight is 363 g/mol. The molecule has 2 aromatic rings. The van der Waals surface area contributed by atoms with Crippen molar-refractivity contribution < 1.29 is 14.0 Å². The Morgan fingerprint density at radius 1 is 1.28 bits per heavy atom. The predicted octanol–water partition coefficient (Wildman–Crippen LogP) is 3.72. The number of carbonyl (C=O) groups excluding carboxylic acids is 2. The van der Waals surface area contributed by atoms with Crippen molar-refractivity contribution in [1.29, 1.82) is 0 Å². The van der Waals surface area contributed by atoms with Gasteiger partial charge in [-0.2, -0.15) is 0 Å². The minimum atomic E-state index is -0.401. The topological polar surface area (TPSA) is 62.3 Å². The lowest BCUT2D eigenvalue weighted by Gasteiger charge is -2.23. The number of aryl methyl sites for hydroxylation is 1. The Morgan fingerprint density at radius 2 is 1.96 bits per heavy atom. The van der Waals surface area contributed by atoms with Gasteiger partial charge < -0.3 is 10.2 Å². The molecule has 1 aromatic carbocycles. The lowest BCUT2D eigenvalue weighted by Crippen LogP contribution is -2.39. The quantitative estimate of drug-likeness (QED) is 0.815. The van der Waals surface area contributed by atoms with Gasteiger partial charge in [-0.3, -0.25) is 9.59 Å². The normalized spacial score (nSPS) is 10.8. The lowest BCUT2D eigenvalue weighted by molar-refractivity contribution is -0.116. The number of rotatable bonds is 7. The summed E-state index contributed by atoms with van der Waals surface area (Å²) in [5.41, 5.74) is 1.20. The van der Waals surface area contributed by atoms with Crippen molar-refractivity contribution in [2.45, 2.75) is 27.2 Å². The van der Waals surface area contributed by atoms with Crippen LogP contribution in [-0.4, -0.2) is 34.8 Å². The molecular weight excluding hydrogens is 341 g/mol. The molecule has 1 heterocycles. The minimum Gasteiger partial charge on any atom is -0.329 e. The molecule has 0 aliphatic rings. The third-order valence-corrected chi connectivity index (χ3v) is 4.43. The maximum Gasteiger partial charge on any atom is 0.254 e. The average Bonchev–Trinajstić information content (AvgIpc) is 2.96. The van der Waals surface area contributed by atoms with Gasteiger partial charge in [-0.25, -0.2) is 9.37 Å². The second-order valence-corrected chi connectivity index (χ2v) is 7.12. The van der Waals surface area contributed by atoms with E-state index in [-0.39, 0.29) is 18.4 Å². The van der Waals surface area contributed by atoms with Gasteiger partial charge in [-0.1, -0.05) is 13.8 Å². The Balaban J connectivity index is 2.07. The van der Waals surface area contributed by atoms with E-state index in [1.54, 1.807) is 0 Å². The number of amides is 2. The summed E-state index contributed by atoms with van der Waals surface area (Å²) in [7, 11) is 0. The molecule has 0 radical (unpaired) electrons. The smallest absolute Gasteiger partial charge is 0.254 e. The molecule has 134 valence electrons. The van der Waals surface area contributed by atoms with Crippen LogP contribution in [0.4, 0.5) is 9.52 Å². The number of benzene rings is 1. The van der Waals surface area contributed by atoms with E-state index in [2.05, 4.69) is 24.1 Å². The first-order valence-corrected chi connectivity index (χ1v) is 9.00. The minimum absolute atomic E-state index is 0.0679. The fourth-order valence-corrected chi connectivity index (χ4v) is 2.89. The monoisotopic (exact) mass is 363 g/mol.